The van der Waals surface area contributed by atoms with E-state index in [1.807, 2.05) is 0 Å². The Labute approximate surface area is 82.0 Å². The van der Waals surface area contributed by atoms with Gasteiger partial charge in [-0.1, -0.05) is 5.92 Å². The van der Waals surface area contributed by atoms with Crippen LogP contribution in [0.15, 0.2) is 18.3 Å². The number of pyridine rings is 1. The number of aromatic nitrogens is 1. The molecular formula is C10H10N2O2. The van der Waals surface area contributed by atoms with E-state index >= 15 is 0 Å². The highest BCUT2D eigenvalue weighted by Gasteiger charge is 2.02. The third-order valence-corrected chi connectivity index (χ3v) is 1.54. The zero-order valence-corrected chi connectivity index (χ0v) is 7.74. The minimum absolute atomic E-state index is 0.0390. The van der Waals surface area contributed by atoms with Crippen molar-refractivity contribution in [2.24, 2.45) is 0 Å². The molecule has 2 N–H and O–H groups in total. The molecule has 0 aliphatic heterocycles. The normalized spacial score (nSPS) is 8.64. The lowest BCUT2D eigenvalue weighted by molar-refractivity contribution is 0.0690. The molecule has 72 valence electrons. The van der Waals surface area contributed by atoms with Crippen LogP contribution in [0.1, 0.15) is 17.4 Å². The summed E-state index contributed by atoms with van der Waals surface area (Å²) in [4.78, 5) is 14.2. The molecule has 0 atom stereocenters. The van der Waals surface area contributed by atoms with Gasteiger partial charge in [0.05, 0.1) is 18.4 Å². The molecule has 0 saturated heterocycles. The van der Waals surface area contributed by atoms with Gasteiger partial charge in [0.25, 0.3) is 0 Å². The molecule has 1 heterocycles. The Morgan fingerprint density at radius 1 is 1.64 bits per heavy atom. The Bertz CT molecular complexity index is 373. The van der Waals surface area contributed by atoms with E-state index in [0.29, 0.717) is 6.54 Å². The smallest absolute Gasteiger partial charge is 0.354 e. The minimum atomic E-state index is -1.02. The lowest BCUT2D eigenvalue weighted by Gasteiger charge is -2.00. The number of hydrogen-bond donors (Lipinski definition) is 2. The quantitative estimate of drug-likeness (QED) is 0.703. The van der Waals surface area contributed by atoms with E-state index in [4.69, 9.17) is 5.11 Å². The van der Waals surface area contributed by atoms with Crippen LogP contribution >= 0.6 is 0 Å². The molecule has 1 aromatic rings. The molecule has 1 rings (SSSR count). The second-order valence-corrected chi connectivity index (χ2v) is 2.52. The fourth-order valence-corrected chi connectivity index (χ4v) is 0.860. The second kappa shape index (κ2) is 4.87. The third kappa shape index (κ3) is 2.79. The topological polar surface area (TPSA) is 62.2 Å². The predicted octanol–water partition coefficient (Wildman–Crippen LogP) is 1.22. The summed E-state index contributed by atoms with van der Waals surface area (Å²) in [6, 6.07) is 3.11. The van der Waals surface area contributed by atoms with Crippen molar-refractivity contribution in [3.8, 4) is 11.8 Å². The predicted molar refractivity (Wildman–Crippen MR) is 53.1 cm³/mol. The average molecular weight is 190 g/mol. The van der Waals surface area contributed by atoms with Gasteiger partial charge in [-0.05, 0) is 19.1 Å². The Balaban J connectivity index is 2.62. The second-order valence-electron chi connectivity index (χ2n) is 2.52. The summed E-state index contributed by atoms with van der Waals surface area (Å²) in [5.74, 6) is 4.55. The molecule has 0 saturated carbocycles. The summed E-state index contributed by atoms with van der Waals surface area (Å²) < 4.78 is 0. The molecule has 0 radical (unpaired) electrons. The summed E-state index contributed by atoms with van der Waals surface area (Å²) in [5, 5.41) is 11.6. The van der Waals surface area contributed by atoms with Crippen molar-refractivity contribution >= 4 is 11.7 Å². The number of anilines is 1. The number of rotatable bonds is 3. The van der Waals surface area contributed by atoms with Crippen LogP contribution in [0.5, 0.6) is 0 Å². The SMILES string of the molecule is CC#CCNc1ccc(C(=O)O)nc1. The Morgan fingerprint density at radius 2 is 2.43 bits per heavy atom. The minimum Gasteiger partial charge on any atom is -0.477 e. The van der Waals surface area contributed by atoms with Gasteiger partial charge in [0.1, 0.15) is 5.69 Å². The highest BCUT2D eigenvalue weighted by molar-refractivity contribution is 5.85. The van der Waals surface area contributed by atoms with Crippen LogP contribution < -0.4 is 5.32 Å². The molecule has 0 unspecified atom stereocenters. The van der Waals surface area contributed by atoms with E-state index in [0.717, 1.165) is 5.69 Å². The molecule has 0 fully saturated rings. The summed E-state index contributed by atoms with van der Waals surface area (Å²) in [7, 11) is 0. The number of aromatic carboxylic acids is 1. The molecule has 0 bridgehead atoms. The number of carbonyl (C=O) groups is 1. The summed E-state index contributed by atoms with van der Waals surface area (Å²) in [5.41, 5.74) is 0.801. The van der Waals surface area contributed by atoms with Crippen molar-refractivity contribution in [3.05, 3.63) is 24.0 Å². The first kappa shape index (κ1) is 10.1. The van der Waals surface area contributed by atoms with Crippen molar-refractivity contribution in [2.45, 2.75) is 6.92 Å². The lowest BCUT2D eigenvalue weighted by atomic mass is 10.3. The van der Waals surface area contributed by atoms with Crippen molar-refractivity contribution < 1.29 is 9.90 Å². The fraction of sp³-hybridized carbons (Fsp3) is 0.200. The van der Waals surface area contributed by atoms with Gasteiger partial charge in [0, 0.05) is 0 Å². The largest absolute Gasteiger partial charge is 0.477 e. The van der Waals surface area contributed by atoms with Crippen LogP contribution in [0.4, 0.5) is 5.69 Å². The summed E-state index contributed by atoms with van der Waals surface area (Å²) in [6.07, 6.45) is 1.47. The average Bonchev–Trinajstić information content (AvgIpc) is 2.19. The summed E-state index contributed by atoms with van der Waals surface area (Å²) in [6.45, 7) is 2.29. The maximum absolute atomic E-state index is 10.5. The molecule has 0 spiro atoms. The zero-order chi connectivity index (χ0) is 10.4. The van der Waals surface area contributed by atoms with Crippen molar-refractivity contribution in [3.63, 3.8) is 0 Å². The van der Waals surface area contributed by atoms with Crippen LogP contribution in [0.2, 0.25) is 0 Å². The number of nitrogens with one attached hydrogen (secondary N) is 1. The monoisotopic (exact) mass is 190 g/mol. The lowest BCUT2D eigenvalue weighted by Crippen LogP contribution is -2.02. The van der Waals surface area contributed by atoms with Gasteiger partial charge in [-0.3, -0.25) is 0 Å². The highest BCUT2D eigenvalue weighted by atomic mass is 16.4. The molecule has 4 heteroatoms. The van der Waals surface area contributed by atoms with E-state index in [1.165, 1.54) is 12.3 Å². The van der Waals surface area contributed by atoms with Crippen molar-refractivity contribution in [2.75, 3.05) is 11.9 Å². The Hall–Kier alpha value is -2.02. The van der Waals surface area contributed by atoms with Crippen LogP contribution in [-0.2, 0) is 0 Å². The molecule has 0 amide bonds. The van der Waals surface area contributed by atoms with E-state index in [2.05, 4.69) is 22.1 Å². The van der Waals surface area contributed by atoms with Crippen LogP contribution in [0.3, 0.4) is 0 Å². The maximum atomic E-state index is 10.5. The first-order valence-corrected chi connectivity index (χ1v) is 4.07. The van der Waals surface area contributed by atoms with E-state index in [-0.39, 0.29) is 5.69 Å². The molecule has 1 aromatic heterocycles. The molecule has 0 aliphatic carbocycles. The standard InChI is InChI=1S/C10H10N2O2/c1-2-3-6-11-8-4-5-9(10(13)14)12-7-8/h4-5,7,11H,6H2,1H3,(H,13,14). The molecular weight excluding hydrogens is 180 g/mol. The Morgan fingerprint density at radius 3 is 2.93 bits per heavy atom. The van der Waals surface area contributed by atoms with Gasteiger partial charge < -0.3 is 10.4 Å². The van der Waals surface area contributed by atoms with Gasteiger partial charge in [-0.2, -0.15) is 0 Å². The van der Waals surface area contributed by atoms with Gasteiger partial charge in [0.15, 0.2) is 0 Å². The first-order chi connectivity index (χ1) is 6.74. The number of nitrogens with zero attached hydrogens (tertiary/aromatic N) is 1. The van der Waals surface area contributed by atoms with E-state index in [1.54, 1.807) is 13.0 Å². The van der Waals surface area contributed by atoms with Crippen molar-refractivity contribution in [1.29, 1.82) is 0 Å². The summed E-state index contributed by atoms with van der Waals surface area (Å²) >= 11 is 0. The van der Waals surface area contributed by atoms with E-state index < -0.39 is 5.97 Å². The van der Waals surface area contributed by atoms with Crippen LogP contribution in [0.25, 0.3) is 0 Å². The van der Waals surface area contributed by atoms with Gasteiger partial charge in [-0.15, -0.1) is 5.92 Å². The van der Waals surface area contributed by atoms with Crippen LogP contribution in [0, 0.1) is 11.8 Å². The van der Waals surface area contributed by atoms with E-state index in [9.17, 15) is 4.79 Å². The number of hydrogen-bond acceptors (Lipinski definition) is 3. The number of carboxylic acids is 1. The molecule has 0 aromatic carbocycles. The first-order valence-electron chi connectivity index (χ1n) is 4.07. The van der Waals surface area contributed by atoms with Gasteiger partial charge in [0.2, 0.25) is 0 Å². The highest BCUT2D eigenvalue weighted by Crippen LogP contribution is 2.05. The van der Waals surface area contributed by atoms with Gasteiger partial charge >= 0.3 is 5.97 Å². The molecule has 4 nitrogen and oxygen atoms in total. The van der Waals surface area contributed by atoms with Gasteiger partial charge in [-0.25, -0.2) is 9.78 Å². The van der Waals surface area contributed by atoms with Crippen LogP contribution in [-0.4, -0.2) is 22.6 Å². The Kier molecular flexibility index (Phi) is 3.50. The van der Waals surface area contributed by atoms with Crippen molar-refractivity contribution in [1.82, 2.24) is 4.98 Å². The third-order valence-electron chi connectivity index (χ3n) is 1.54. The maximum Gasteiger partial charge on any atom is 0.354 e. The number of carboxylic acid groups (broad SMARTS) is 1. The zero-order valence-electron chi connectivity index (χ0n) is 7.74. The molecule has 0 aliphatic rings. The molecule has 14 heavy (non-hydrogen) atoms. The fourth-order valence-electron chi connectivity index (χ4n) is 0.860.